The third-order valence-electron chi connectivity index (χ3n) is 0.720. The fraction of sp³-hybridized carbons (Fsp3) is 0. The molecule has 10 heavy (non-hydrogen) atoms. The number of carboxylic acid groups (broad SMARTS) is 1. The van der Waals surface area contributed by atoms with E-state index in [4.69, 9.17) is 10.2 Å². The lowest BCUT2D eigenvalue weighted by molar-refractivity contribution is -0.135. The van der Waals surface area contributed by atoms with Crippen molar-refractivity contribution in [2.75, 3.05) is 0 Å². The molecule has 0 atom stereocenters. The summed E-state index contributed by atoms with van der Waals surface area (Å²) in [5.41, 5.74) is 0. The van der Waals surface area contributed by atoms with E-state index >= 15 is 0 Å². The Balaban J connectivity index is 4.04. The average molecular weight is 140 g/mol. The minimum atomic E-state index is -1.34. The van der Waals surface area contributed by atoms with Gasteiger partial charge in [0.2, 0.25) is 5.76 Å². The number of hydrogen-bond donors (Lipinski definition) is 2. The minimum Gasteiger partial charge on any atom is -0.502 e. The van der Waals surface area contributed by atoms with Crippen LogP contribution in [0.5, 0.6) is 0 Å². The van der Waals surface area contributed by atoms with Crippen molar-refractivity contribution in [2.45, 2.75) is 0 Å². The van der Waals surface area contributed by atoms with Gasteiger partial charge in [-0.15, -0.1) is 0 Å². The fourth-order valence-corrected chi connectivity index (χ4v) is 0.297. The zero-order valence-corrected chi connectivity index (χ0v) is 5.32. The summed E-state index contributed by atoms with van der Waals surface area (Å²) in [6.07, 6.45) is 5.45. The summed E-state index contributed by atoms with van der Waals surface area (Å²) in [7, 11) is 0. The highest BCUT2D eigenvalue weighted by molar-refractivity contribution is 5.83. The molecule has 0 aliphatic heterocycles. The second-order valence-electron chi connectivity index (χ2n) is 1.48. The van der Waals surface area contributed by atoms with Crippen LogP contribution in [0.15, 0.2) is 36.6 Å². The van der Waals surface area contributed by atoms with E-state index in [2.05, 4.69) is 6.58 Å². The van der Waals surface area contributed by atoms with Crippen molar-refractivity contribution in [2.24, 2.45) is 0 Å². The molecule has 0 heterocycles. The lowest BCUT2D eigenvalue weighted by Gasteiger charge is -1.85. The second kappa shape index (κ2) is 4.38. The van der Waals surface area contributed by atoms with E-state index in [9.17, 15) is 4.79 Å². The maximum absolute atomic E-state index is 9.92. The van der Waals surface area contributed by atoms with Crippen LogP contribution < -0.4 is 0 Å². The first kappa shape index (κ1) is 8.49. The number of aliphatic hydroxyl groups excluding tert-OH is 1. The van der Waals surface area contributed by atoms with E-state index in [1.54, 1.807) is 0 Å². The van der Waals surface area contributed by atoms with E-state index in [-0.39, 0.29) is 0 Å². The molecule has 0 rings (SSSR count). The standard InChI is InChI=1S/C7H8O3/c1-2-3-4-5-6(8)7(9)10/h2-5,8H,1H2,(H,9,10). The Labute approximate surface area is 58.6 Å². The van der Waals surface area contributed by atoms with Gasteiger partial charge in [-0.3, -0.25) is 0 Å². The molecular formula is C7H8O3. The van der Waals surface area contributed by atoms with E-state index in [1.165, 1.54) is 18.2 Å². The molecule has 0 unspecified atom stereocenters. The Morgan fingerprint density at radius 2 is 1.90 bits per heavy atom. The van der Waals surface area contributed by atoms with Crippen LogP contribution in [-0.2, 0) is 4.79 Å². The normalized spacial score (nSPS) is 11.8. The van der Waals surface area contributed by atoms with Gasteiger partial charge in [-0.1, -0.05) is 24.8 Å². The molecule has 0 amide bonds. The number of hydrogen-bond acceptors (Lipinski definition) is 2. The molecule has 0 aromatic rings. The van der Waals surface area contributed by atoms with Crippen LogP contribution >= 0.6 is 0 Å². The van der Waals surface area contributed by atoms with Crippen molar-refractivity contribution in [1.82, 2.24) is 0 Å². The first-order chi connectivity index (χ1) is 4.68. The molecule has 0 aromatic carbocycles. The maximum atomic E-state index is 9.92. The van der Waals surface area contributed by atoms with Gasteiger partial charge < -0.3 is 10.2 Å². The van der Waals surface area contributed by atoms with Gasteiger partial charge in [0.15, 0.2) is 0 Å². The van der Waals surface area contributed by atoms with E-state index < -0.39 is 11.7 Å². The topological polar surface area (TPSA) is 57.5 Å². The maximum Gasteiger partial charge on any atom is 0.370 e. The number of carbonyl (C=O) groups is 1. The zero-order chi connectivity index (χ0) is 7.98. The largest absolute Gasteiger partial charge is 0.502 e. The molecular weight excluding hydrogens is 132 g/mol. The molecule has 3 nitrogen and oxygen atoms in total. The van der Waals surface area contributed by atoms with Gasteiger partial charge in [0.1, 0.15) is 0 Å². The summed E-state index contributed by atoms with van der Waals surface area (Å²) in [5, 5.41) is 16.6. The monoisotopic (exact) mass is 140 g/mol. The summed E-state index contributed by atoms with van der Waals surface area (Å²) in [6.45, 7) is 3.36. The highest BCUT2D eigenvalue weighted by Crippen LogP contribution is 1.88. The smallest absolute Gasteiger partial charge is 0.370 e. The van der Waals surface area contributed by atoms with Crippen LogP contribution in [-0.4, -0.2) is 16.2 Å². The molecule has 0 saturated heterocycles. The number of rotatable bonds is 3. The SMILES string of the molecule is C=CC=CC=C(O)C(=O)O. The van der Waals surface area contributed by atoms with Crippen molar-refractivity contribution in [1.29, 1.82) is 0 Å². The molecule has 54 valence electrons. The first-order valence-corrected chi connectivity index (χ1v) is 2.60. The molecule has 0 aromatic heterocycles. The van der Waals surface area contributed by atoms with Crippen molar-refractivity contribution >= 4 is 5.97 Å². The van der Waals surface area contributed by atoms with Gasteiger partial charge >= 0.3 is 5.97 Å². The molecule has 0 spiro atoms. The summed E-state index contributed by atoms with van der Waals surface area (Å²) in [5.74, 6) is -2.02. The molecule has 0 aliphatic carbocycles. The third kappa shape index (κ3) is 3.49. The van der Waals surface area contributed by atoms with Crippen molar-refractivity contribution in [3.8, 4) is 0 Å². The molecule has 3 heteroatoms. The lowest BCUT2D eigenvalue weighted by Crippen LogP contribution is -1.97. The summed E-state index contributed by atoms with van der Waals surface area (Å²) >= 11 is 0. The Morgan fingerprint density at radius 3 is 2.30 bits per heavy atom. The summed E-state index contributed by atoms with van der Waals surface area (Å²) in [6, 6.07) is 0. The van der Waals surface area contributed by atoms with Crippen molar-refractivity contribution in [3.63, 3.8) is 0 Å². The average Bonchev–Trinajstić information content (AvgIpc) is 1.88. The minimum absolute atomic E-state index is 0.682. The van der Waals surface area contributed by atoms with Gasteiger partial charge in [-0.2, -0.15) is 0 Å². The second-order valence-corrected chi connectivity index (χ2v) is 1.48. The molecule has 2 N–H and O–H groups in total. The van der Waals surface area contributed by atoms with Gasteiger partial charge in [-0.25, -0.2) is 4.79 Å². The highest BCUT2D eigenvalue weighted by atomic mass is 16.4. The molecule has 0 fully saturated rings. The van der Waals surface area contributed by atoms with Crippen LogP contribution in [0.3, 0.4) is 0 Å². The number of allylic oxidation sites excluding steroid dienone is 4. The summed E-state index contributed by atoms with van der Waals surface area (Å²) in [4.78, 5) is 9.92. The predicted molar refractivity (Wildman–Crippen MR) is 37.7 cm³/mol. The molecule has 0 aliphatic rings. The van der Waals surface area contributed by atoms with Crippen LogP contribution in [0.25, 0.3) is 0 Å². The van der Waals surface area contributed by atoms with E-state index in [0.717, 1.165) is 6.08 Å². The van der Waals surface area contributed by atoms with E-state index in [1.807, 2.05) is 0 Å². The Hall–Kier alpha value is -1.51. The van der Waals surface area contributed by atoms with E-state index in [0.29, 0.717) is 0 Å². The molecule has 0 radical (unpaired) electrons. The van der Waals surface area contributed by atoms with Crippen LogP contribution in [0.4, 0.5) is 0 Å². The van der Waals surface area contributed by atoms with Crippen molar-refractivity contribution in [3.05, 3.63) is 36.6 Å². The fourth-order valence-electron chi connectivity index (χ4n) is 0.297. The zero-order valence-electron chi connectivity index (χ0n) is 5.32. The lowest BCUT2D eigenvalue weighted by atomic mass is 10.4. The van der Waals surface area contributed by atoms with Crippen LogP contribution in [0, 0.1) is 0 Å². The number of aliphatic carboxylic acids is 1. The van der Waals surface area contributed by atoms with Crippen LogP contribution in [0.2, 0.25) is 0 Å². The summed E-state index contributed by atoms with van der Waals surface area (Å²) < 4.78 is 0. The Kier molecular flexibility index (Phi) is 3.72. The predicted octanol–water partition coefficient (Wildman–Crippen LogP) is 1.26. The van der Waals surface area contributed by atoms with Gasteiger partial charge in [0.05, 0.1) is 0 Å². The number of carboxylic acids is 1. The van der Waals surface area contributed by atoms with Gasteiger partial charge in [0.25, 0.3) is 0 Å². The highest BCUT2D eigenvalue weighted by Gasteiger charge is 1.98. The molecule has 0 saturated carbocycles. The first-order valence-electron chi connectivity index (χ1n) is 2.60. The Morgan fingerprint density at radius 1 is 1.30 bits per heavy atom. The molecule has 0 bridgehead atoms. The quantitative estimate of drug-likeness (QED) is 0.352. The number of aliphatic hydroxyl groups is 1. The van der Waals surface area contributed by atoms with Gasteiger partial charge in [0, 0.05) is 0 Å². The van der Waals surface area contributed by atoms with Crippen LogP contribution in [0.1, 0.15) is 0 Å². The Bertz CT molecular complexity index is 189. The third-order valence-corrected chi connectivity index (χ3v) is 0.720. The van der Waals surface area contributed by atoms with Gasteiger partial charge in [-0.05, 0) is 6.08 Å². The van der Waals surface area contributed by atoms with Crippen molar-refractivity contribution < 1.29 is 15.0 Å².